The molecule has 0 aliphatic carbocycles. The fourth-order valence-electron chi connectivity index (χ4n) is 2.48. The van der Waals surface area contributed by atoms with Crippen LogP contribution in [0.2, 0.25) is 0 Å². The quantitative estimate of drug-likeness (QED) is 0.596. The molecule has 0 spiro atoms. The molecule has 116 valence electrons. The van der Waals surface area contributed by atoms with Gasteiger partial charge >= 0.3 is 0 Å². The molecule has 1 aliphatic rings. The molecule has 0 radical (unpaired) electrons. The zero-order valence-corrected chi connectivity index (χ0v) is 13.1. The average Bonchev–Trinajstić information content (AvgIpc) is 2.93. The van der Waals surface area contributed by atoms with Gasteiger partial charge in [-0.15, -0.1) is 0 Å². The number of nitrogens with zero attached hydrogens (tertiary/aromatic N) is 3. The Kier molecular flexibility index (Phi) is 5.69. The Morgan fingerprint density at radius 1 is 1.57 bits per heavy atom. The van der Waals surface area contributed by atoms with E-state index in [1.165, 1.54) is 4.68 Å². The van der Waals surface area contributed by atoms with Crippen molar-refractivity contribution in [2.24, 2.45) is 5.73 Å². The van der Waals surface area contributed by atoms with Crippen LogP contribution in [0.3, 0.4) is 0 Å². The van der Waals surface area contributed by atoms with Crippen molar-refractivity contribution in [3.8, 4) is 0 Å². The third-order valence-electron chi connectivity index (χ3n) is 3.74. The van der Waals surface area contributed by atoms with E-state index in [0.717, 1.165) is 38.0 Å². The number of unbranched alkanes of at least 4 members (excludes halogenated alkanes) is 1. The first-order chi connectivity index (χ1) is 10.1. The molecule has 0 amide bonds. The first kappa shape index (κ1) is 15.9. The van der Waals surface area contributed by atoms with Crippen molar-refractivity contribution < 1.29 is 4.74 Å². The summed E-state index contributed by atoms with van der Waals surface area (Å²) in [5.74, 6) is 0. The fourth-order valence-corrected chi connectivity index (χ4v) is 2.63. The maximum Gasteiger partial charge on any atom is 0.268 e. The molecule has 1 aromatic heterocycles. The Morgan fingerprint density at radius 2 is 2.38 bits per heavy atom. The molecule has 1 saturated heterocycles. The second-order valence-electron chi connectivity index (χ2n) is 5.29. The summed E-state index contributed by atoms with van der Waals surface area (Å²) in [7, 11) is 1.72. The second-order valence-corrected chi connectivity index (χ2v) is 5.82. The normalized spacial score (nSPS) is 18.1. The minimum Gasteiger partial charge on any atom is -0.393 e. The van der Waals surface area contributed by atoms with Crippen LogP contribution in [0, 0.1) is 0 Å². The number of hydrogen-bond acceptors (Lipinski definition) is 5. The summed E-state index contributed by atoms with van der Waals surface area (Å²) < 4.78 is 6.83. The molecule has 7 heteroatoms. The van der Waals surface area contributed by atoms with Gasteiger partial charge in [0.15, 0.2) is 0 Å². The molecule has 2 N–H and O–H groups in total. The highest BCUT2D eigenvalue weighted by atomic mass is 32.1. The maximum absolute atomic E-state index is 12.1. The van der Waals surface area contributed by atoms with E-state index in [4.69, 9.17) is 22.7 Å². The van der Waals surface area contributed by atoms with Gasteiger partial charge in [-0.05, 0) is 25.7 Å². The molecule has 2 heterocycles. The van der Waals surface area contributed by atoms with Gasteiger partial charge in [0.2, 0.25) is 0 Å². The van der Waals surface area contributed by atoms with Crippen LogP contribution in [0.15, 0.2) is 17.1 Å². The van der Waals surface area contributed by atoms with E-state index in [9.17, 15) is 4.79 Å². The number of nitrogens with two attached hydrogens (primary N) is 1. The van der Waals surface area contributed by atoms with Crippen LogP contribution in [0.25, 0.3) is 0 Å². The zero-order valence-electron chi connectivity index (χ0n) is 12.3. The van der Waals surface area contributed by atoms with Gasteiger partial charge in [0, 0.05) is 32.8 Å². The molecular weight excluding hydrogens is 288 g/mol. The van der Waals surface area contributed by atoms with Gasteiger partial charge in [0.1, 0.15) is 0 Å². The summed E-state index contributed by atoms with van der Waals surface area (Å²) >= 11 is 4.83. The van der Waals surface area contributed by atoms with Crippen molar-refractivity contribution in [3.05, 3.63) is 22.6 Å². The van der Waals surface area contributed by atoms with E-state index in [-0.39, 0.29) is 11.7 Å². The van der Waals surface area contributed by atoms with E-state index in [1.807, 2.05) is 0 Å². The van der Waals surface area contributed by atoms with Gasteiger partial charge in [0.05, 0.1) is 23.0 Å². The predicted octanol–water partition coefficient (Wildman–Crippen LogP) is 0.925. The lowest BCUT2D eigenvalue weighted by Crippen LogP contribution is -2.27. The topological polar surface area (TPSA) is 73.4 Å². The number of aromatic nitrogens is 2. The molecule has 1 fully saturated rings. The number of methoxy groups -OCH3 is 1. The van der Waals surface area contributed by atoms with E-state index in [1.54, 1.807) is 19.4 Å². The van der Waals surface area contributed by atoms with Crippen LogP contribution >= 0.6 is 12.2 Å². The van der Waals surface area contributed by atoms with Crippen LogP contribution in [-0.4, -0.2) is 41.1 Å². The van der Waals surface area contributed by atoms with Crippen molar-refractivity contribution in [2.45, 2.75) is 38.3 Å². The number of aryl methyl sites for hydroxylation is 1. The molecule has 1 aliphatic heterocycles. The number of ether oxygens (including phenoxy) is 1. The maximum atomic E-state index is 12.1. The number of hydrogen-bond donors (Lipinski definition) is 1. The van der Waals surface area contributed by atoms with Crippen molar-refractivity contribution in [2.75, 3.05) is 25.1 Å². The molecule has 0 bridgehead atoms. The van der Waals surface area contributed by atoms with Gasteiger partial charge < -0.3 is 15.4 Å². The monoisotopic (exact) mass is 310 g/mol. The molecule has 1 unspecified atom stereocenters. The molecule has 21 heavy (non-hydrogen) atoms. The largest absolute Gasteiger partial charge is 0.393 e. The first-order valence-electron chi connectivity index (χ1n) is 7.23. The second kappa shape index (κ2) is 7.51. The lowest BCUT2D eigenvalue weighted by molar-refractivity contribution is 0.121. The standard InChI is InChI=1S/C14H22N4O2S/c1-20-12-5-7-17(10-12)11-8-14(19)18(16-9-11)6-3-2-4-13(15)21/h8-9,12H,2-7,10H2,1H3,(H2,15,21). The highest BCUT2D eigenvalue weighted by Crippen LogP contribution is 2.19. The molecule has 0 saturated carbocycles. The van der Waals surface area contributed by atoms with Crippen LogP contribution < -0.4 is 16.2 Å². The summed E-state index contributed by atoms with van der Waals surface area (Å²) in [6, 6.07) is 1.65. The van der Waals surface area contributed by atoms with Gasteiger partial charge in [-0.2, -0.15) is 5.10 Å². The molecule has 1 aromatic rings. The van der Waals surface area contributed by atoms with E-state index in [2.05, 4.69) is 10.00 Å². The van der Waals surface area contributed by atoms with Gasteiger partial charge in [-0.3, -0.25) is 4.79 Å². The Labute approximate surface area is 129 Å². The Hall–Kier alpha value is -1.47. The summed E-state index contributed by atoms with van der Waals surface area (Å²) in [4.78, 5) is 14.7. The summed E-state index contributed by atoms with van der Waals surface area (Å²) in [5, 5.41) is 4.25. The average molecular weight is 310 g/mol. The summed E-state index contributed by atoms with van der Waals surface area (Å²) in [6.07, 6.45) is 5.43. The predicted molar refractivity (Wildman–Crippen MR) is 86.8 cm³/mol. The van der Waals surface area contributed by atoms with Gasteiger partial charge in [-0.1, -0.05) is 12.2 Å². The molecule has 2 rings (SSSR count). The van der Waals surface area contributed by atoms with Crippen molar-refractivity contribution in [1.82, 2.24) is 9.78 Å². The summed E-state index contributed by atoms with van der Waals surface area (Å²) in [6.45, 7) is 2.32. The minimum absolute atomic E-state index is 0.0660. The number of rotatable bonds is 7. The summed E-state index contributed by atoms with van der Waals surface area (Å²) in [5.41, 5.74) is 6.25. The highest BCUT2D eigenvalue weighted by Gasteiger charge is 2.22. The highest BCUT2D eigenvalue weighted by molar-refractivity contribution is 7.80. The third-order valence-corrected chi connectivity index (χ3v) is 3.95. The van der Waals surface area contributed by atoms with Crippen molar-refractivity contribution >= 4 is 22.9 Å². The van der Waals surface area contributed by atoms with Crippen molar-refractivity contribution in [3.63, 3.8) is 0 Å². The molecule has 1 atom stereocenters. The molecule has 0 aromatic carbocycles. The van der Waals surface area contributed by atoms with E-state index < -0.39 is 0 Å². The fraction of sp³-hybridized carbons (Fsp3) is 0.643. The lowest BCUT2D eigenvalue weighted by Gasteiger charge is -2.18. The Morgan fingerprint density at radius 3 is 3.00 bits per heavy atom. The minimum atomic E-state index is -0.0660. The lowest BCUT2D eigenvalue weighted by atomic mass is 10.2. The van der Waals surface area contributed by atoms with Crippen LogP contribution in [0.1, 0.15) is 25.7 Å². The SMILES string of the molecule is COC1CCN(c2cnn(CCCCC(N)=S)c(=O)c2)C1. The van der Waals surface area contributed by atoms with Crippen LogP contribution in [0.5, 0.6) is 0 Å². The van der Waals surface area contributed by atoms with Gasteiger partial charge in [-0.25, -0.2) is 4.68 Å². The van der Waals surface area contributed by atoms with E-state index >= 15 is 0 Å². The zero-order chi connectivity index (χ0) is 15.2. The van der Waals surface area contributed by atoms with Crippen molar-refractivity contribution in [1.29, 1.82) is 0 Å². The molecule has 6 nitrogen and oxygen atoms in total. The van der Waals surface area contributed by atoms with Gasteiger partial charge in [0.25, 0.3) is 5.56 Å². The molecular formula is C14H22N4O2S. The third kappa shape index (κ3) is 4.50. The number of anilines is 1. The van der Waals surface area contributed by atoms with Crippen LogP contribution in [-0.2, 0) is 11.3 Å². The Bertz CT molecular complexity index is 546. The first-order valence-corrected chi connectivity index (χ1v) is 7.64. The smallest absolute Gasteiger partial charge is 0.268 e. The Balaban J connectivity index is 1.92. The number of thiocarbonyl (C=S) groups is 1. The van der Waals surface area contributed by atoms with Crippen LogP contribution in [0.4, 0.5) is 5.69 Å². The van der Waals surface area contributed by atoms with E-state index in [0.29, 0.717) is 18.0 Å².